The van der Waals surface area contributed by atoms with E-state index >= 15 is 0 Å². The molecular weight excluding hydrogens is 498 g/mol. The fourth-order valence-electron chi connectivity index (χ4n) is 5.78. The zero-order valence-electron chi connectivity index (χ0n) is 23.7. The van der Waals surface area contributed by atoms with Crippen molar-refractivity contribution in [3.8, 4) is 11.1 Å². The van der Waals surface area contributed by atoms with Crippen LogP contribution in [0.4, 0.5) is 0 Å². The highest BCUT2D eigenvalue weighted by Gasteiger charge is 2.49. The molecule has 0 bridgehead atoms. The topological polar surface area (TPSA) is 61.9 Å². The maximum absolute atomic E-state index is 13.5. The van der Waals surface area contributed by atoms with Gasteiger partial charge < -0.3 is 19.9 Å². The first-order valence-corrected chi connectivity index (χ1v) is 14.5. The van der Waals surface area contributed by atoms with E-state index in [4.69, 9.17) is 4.74 Å². The monoisotopic (exact) mass is 539 g/mol. The number of hydrogen-bond acceptors (Lipinski definition) is 4. The number of carbonyl (C=O) groups excluding carboxylic acids is 2. The molecule has 2 amide bonds. The minimum atomic E-state index is -0.710. The average molecular weight is 540 g/mol. The Morgan fingerprint density at radius 3 is 2.20 bits per heavy atom. The Morgan fingerprint density at radius 1 is 0.900 bits per heavy atom. The van der Waals surface area contributed by atoms with Gasteiger partial charge in [0.15, 0.2) is 0 Å². The van der Waals surface area contributed by atoms with Gasteiger partial charge in [-0.05, 0) is 66.5 Å². The first kappa shape index (κ1) is 28.1. The van der Waals surface area contributed by atoms with Gasteiger partial charge in [0, 0.05) is 38.3 Å². The predicted octanol–water partition coefficient (Wildman–Crippen LogP) is 5.22. The van der Waals surface area contributed by atoms with E-state index in [2.05, 4.69) is 54.5 Å². The van der Waals surface area contributed by atoms with Gasteiger partial charge in [-0.15, -0.1) is 0 Å². The predicted molar refractivity (Wildman–Crippen MR) is 159 cm³/mol. The van der Waals surface area contributed by atoms with E-state index in [1.807, 2.05) is 59.5 Å². The van der Waals surface area contributed by atoms with Crippen LogP contribution < -0.4 is 5.32 Å². The molecule has 5 rings (SSSR count). The molecule has 1 aliphatic heterocycles. The largest absolute Gasteiger partial charge is 0.379 e. The first-order chi connectivity index (χ1) is 19.4. The second-order valence-corrected chi connectivity index (χ2v) is 11.6. The third-order valence-corrected chi connectivity index (χ3v) is 8.55. The van der Waals surface area contributed by atoms with Gasteiger partial charge in [0.2, 0.25) is 5.91 Å². The Morgan fingerprint density at radius 2 is 1.52 bits per heavy atom. The summed E-state index contributed by atoms with van der Waals surface area (Å²) in [6.07, 6.45) is 3.23. The lowest BCUT2D eigenvalue weighted by atomic mass is 9.96. The summed E-state index contributed by atoms with van der Waals surface area (Å²) in [6, 6.07) is 27.6. The fourth-order valence-corrected chi connectivity index (χ4v) is 5.78. The quantitative estimate of drug-likeness (QED) is 0.340. The van der Waals surface area contributed by atoms with E-state index in [1.165, 1.54) is 12.0 Å². The zero-order valence-corrected chi connectivity index (χ0v) is 23.7. The van der Waals surface area contributed by atoms with Crippen LogP contribution in [0.1, 0.15) is 48.0 Å². The van der Waals surface area contributed by atoms with Gasteiger partial charge in [0.05, 0.1) is 6.61 Å². The summed E-state index contributed by atoms with van der Waals surface area (Å²) in [4.78, 5) is 30.7. The van der Waals surface area contributed by atoms with E-state index in [0.29, 0.717) is 36.6 Å². The molecule has 3 atom stereocenters. The maximum atomic E-state index is 13.5. The number of amides is 2. The molecule has 0 spiro atoms. The van der Waals surface area contributed by atoms with Crippen LogP contribution in [0.5, 0.6) is 0 Å². The number of ether oxygens (including phenoxy) is 1. The number of carbonyl (C=O) groups is 2. The number of rotatable bonds is 11. The molecule has 2 fully saturated rings. The minimum Gasteiger partial charge on any atom is -0.379 e. The molecule has 0 radical (unpaired) electrons. The molecule has 3 aromatic rings. The van der Waals surface area contributed by atoms with Gasteiger partial charge in [-0.25, -0.2) is 0 Å². The molecule has 6 heteroatoms. The van der Waals surface area contributed by atoms with Gasteiger partial charge in [0.25, 0.3) is 5.91 Å². The summed E-state index contributed by atoms with van der Waals surface area (Å²) in [5.41, 5.74) is 4.41. The Labute approximate surface area is 238 Å². The van der Waals surface area contributed by atoms with Crippen molar-refractivity contribution in [3.63, 3.8) is 0 Å². The molecule has 6 nitrogen and oxygen atoms in total. The summed E-state index contributed by atoms with van der Waals surface area (Å²) in [5, 5.41) is 2.98. The molecule has 0 aromatic heterocycles. The maximum Gasteiger partial charge on any atom is 0.251 e. The van der Waals surface area contributed by atoms with Crippen LogP contribution in [-0.2, 0) is 9.53 Å². The highest BCUT2D eigenvalue weighted by atomic mass is 16.5. The number of nitrogens with one attached hydrogen (secondary N) is 1. The van der Waals surface area contributed by atoms with Gasteiger partial charge in [-0.1, -0.05) is 79.7 Å². The van der Waals surface area contributed by atoms with Crippen LogP contribution in [0.25, 0.3) is 11.1 Å². The molecule has 1 heterocycles. The molecule has 2 aliphatic rings. The van der Waals surface area contributed by atoms with E-state index in [0.717, 1.165) is 37.1 Å². The molecule has 40 heavy (non-hydrogen) atoms. The van der Waals surface area contributed by atoms with Crippen LogP contribution in [0, 0.1) is 5.41 Å². The zero-order chi connectivity index (χ0) is 28.0. The molecule has 1 N–H and O–H groups in total. The van der Waals surface area contributed by atoms with Gasteiger partial charge in [-0.3, -0.25) is 9.59 Å². The van der Waals surface area contributed by atoms with E-state index < -0.39 is 6.04 Å². The summed E-state index contributed by atoms with van der Waals surface area (Å²) >= 11 is 0. The number of benzene rings is 3. The number of hydrogen-bond donors (Lipinski definition) is 1. The molecular formula is C34H41N3O3. The molecule has 3 aromatic carbocycles. The number of likely N-dealkylation sites (N-methyl/N-ethyl adjacent to an activating group) is 1. The van der Waals surface area contributed by atoms with E-state index in [-0.39, 0.29) is 18.4 Å². The van der Waals surface area contributed by atoms with Crippen molar-refractivity contribution in [1.82, 2.24) is 15.1 Å². The second kappa shape index (κ2) is 12.8. The van der Waals surface area contributed by atoms with Crippen LogP contribution >= 0.6 is 0 Å². The highest BCUT2D eigenvalue weighted by Crippen LogP contribution is 2.61. The normalized spacial score (nSPS) is 21.6. The lowest BCUT2D eigenvalue weighted by Crippen LogP contribution is -2.55. The second-order valence-electron chi connectivity index (χ2n) is 11.6. The average Bonchev–Trinajstić information content (AvgIpc) is 3.68. The van der Waals surface area contributed by atoms with Crippen molar-refractivity contribution in [3.05, 3.63) is 96.1 Å². The Kier molecular flexibility index (Phi) is 8.98. The van der Waals surface area contributed by atoms with Crippen molar-refractivity contribution in [2.24, 2.45) is 5.41 Å². The van der Waals surface area contributed by atoms with Crippen LogP contribution in [0.15, 0.2) is 84.9 Å². The Balaban J connectivity index is 1.16. The summed E-state index contributed by atoms with van der Waals surface area (Å²) in [7, 11) is 2.06. The summed E-state index contributed by atoms with van der Waals surface area (Å²) in [6.45, 7) is 6.08. The molecule has 1 aliphatic carbocycles. The van der Waals surface area contributed by atoms with E-state index in [9.17, 15) is 9.59 Å². The fraction of sp³-hybridized carbons (Fsp3) is 0.412. The van der Waals surface area contributed by atoms with Crippen molar-refractivity contribution in [1.29, 1.82) is 0 Å². The number of piperazine rings is 1. The van der Waals surface area contributed by atoms with E-state index in [1.54, 1.807) is 0 Å². The molecule has 210 valence electrons. The third-order valence-electron chi connectivity index (χ3n) is 8.55. The summed E-state index contributed by atoms with van der Waals surface area (Å²) in [5.74, 6) is 0.292. The Bertz CT molecular complexity index is 1260. The molecule has 1 unspecified atom stereocenters. The SMILES string of the molecule is CN1CCN(C(=O)[C@H](COCCCC2(C)C[C@H]2c2ccccc2)NC(=O)c2ccc(-c3ccccc3)cc2)CC1. The summed E-state index contributed by atoms with van der Waals surface area (Å²) < 4.78 is 6.03. The first-order valence-electron chi connectivity index (χ1n) is 14.5. The van der Waals surface area contributed by atoms with Gasteiger partial charge in [0.1, 0.15) is 6.04 Å². The smallest absolute Gasteiger partial charge is 0.251 e. The third kappa shape index (κ3) is 6.98. The van der Waals surface area contributed by atoms with Crippen LogP contribution in [0.2, 0.25) is 0 Å². The van der Waals surface area contributed by atoms with Crippen molar-refractivity contribution >= 4 is 11.8 Å². The Hall–Kier alpha value is -3.48. The molecule has 1 saturated heterocycles. The van der Waals surface area contributed by atoms with Crippen molar-refractivity contribution < 1.29 is 14.3 Å². The standard InChI is InChI=1S/C34H41N3O3/c1-34(24-30(34)28-12-7-4-8-13-28)18-9-23-40-25-31(33(39)37-21-19-36(2)20-22-37)35-32(38)29-16-14-27(15-17-29)26-10-5-3-6-11-26/h3-8,10-17,30-31H,9,18-25H2,1-2H3,(H,35,38)/t30-,31-,34?/m0/s1. The minimum absolute atomic E-state index is 0.0688. The molecule has 1 saturated carbocycles. The lowest BCUT2D eigenvalue weighted by Gasteiger charge is -2.34. The van der Waals surface area contributed by atoms with Crippen molar-refractivity contribution in [2.75, 3.05) is 46.4 Å². The lowest BCUT2D eigenvalue weighted by molar-refractivity contribution is -0.136. The van der Waals surface area contributed by atoms with Crippen molar-refractivity contribution in [2.45, 2.75) is 38.1 Å². The number of nitrogens with zero attached hydrogens (tertiary/aromatic N) is 2. The van der Waals surface area contributed by atoms with Gasteiger partial charge >= 0.3 is 0 Å². The van der Waals surface area contributed by atoms with Crippen LogP contribution in [-0.4, -0.2) is 74.1 Å². The highest BCUT2D eigenvalue weighted by molar-refractivity contribution is 5.98. The van der Waals surface area contributed by atoms with Gasteiger partial charge in [-0.2, -0.15) is 0 Å². The van der Waals surface area contributed by atoms with Crippen LogP contribution in [0.3, 0.4) is 0 Å².